The van der Waals surface area contributed by atoms with Crippen molar-refractivity contribution in [1.29, 1.82) is 10.5 Å². The molecule has 4 fully saturated rings. The highest BCUT2D eigenvalue weighted by Gasteiger charge is 2.68. The number of hydrogen-bond acceptors (Lipinski definition) is 7. The summed E-state index contributed by atoms with van der Waals surface area (Å²) in [6.45, 7) is 4.73. The predicted molar refractivity (Wildman–Crippen MR) is 94.5 cm³/mol. The molecule has 4 heterocycles. The van der Waals surface area contributed by atoms with E-state index in [-0.39, 0.29) is 15.0 Å². The highest BCUT2D eigenvalue weighted by molar-refractivity contribution is 8.54. The Balaban J connectivity index is 1.93. The molecular formula is C13H16N2S5. The van der Waals surface area contributed by atoms with Crippen molar-refractivity contribution in [1.82, 2.24) is 0 Å². The molecule has 0 aliphatic carbocycles. The third kappa shape index (κ3) is 2.70. The molecule has 0 radical (unpaired) electrons. The lowest BCUT2D eigenvalue weighted by atomic mass is 10.2. The number of hydrogen-bond donors (Lipinski definition) is 0. The maximum Gasteiger partial charge on any atom is 0.112 e. The Hall–Kier alpha value is 0.730. The summed E-state index contributed by atoms with van der Waals surface area (Å²) in [6.07, 6.45) is 4.35. The summed E-state index contributed by atoms with van der Waals surface area (Å²) in [5, 5.41) is 17.9. The number of thioether (sulfide) groups is 5. The van der Waals surface area contributed by atoms with Gasteiger partial charge in [0.25, 0.3) is 0 Å². The number of rotatable bonds is 4. The lowest BCUT2D eigenvalue weighted by Crippen LogP contribution is -2.55. The normalized spacial score (nSPS) is 48.8. The first-order chi connectivity index (χ1) is 9.36. The standard InChI is InChI=1S/C13H16N2S5/c1-10-9-11(2)18-12(16-10,5-3-7-14)20-13(17-10,19-11)6-4-8-15/h3-6,9H2,1-2H3. The molecule has 4 rings (SSSR count). The lowest BCUT2D eigenvalue weighted by molar-refractivity contribution is 0.672. The maximum absolute atomic E-state index is 8.97. The molecule has 7 heteroatoms. The molecule has 20 heavy (non-hydrogen) atoms. The van der Waals surface area contributed by atoms with Crippen molar-refractivity contribution in [3.63, 3.8) is 0 Å². The Morgan fingerprint density at radius 1 is 0.800 bits per heavy atom. The maximum atomic E-state index is 8.97. The molecule has 108 valence electrons. The van der Waals surface area contributed by atoms with E-state index in [2.05, 4.69) is 73.0 Å². The topological polar surface area (TPSA) is 47.6 Å². The summed E-state index contributed by atoms with van der Waals surface area (Å²) in [6, 6.07) is 4.63. The van der Waals surface area contributed by atoms with Crippen LogP contribution in [-0.2, 0) is 0 Å². The third-order valence-electron chi connectivity index (χ3n) is 3.52. The quantitative estimate of drug-likeness (QED) is 0.662. The van der Waals surface area contributed by atoms with Crippen molar-refractivity contribution in [3.05, 3.63) is 0 Å². The van der Waals surface area contributed by atoms with Gasteiger partial charge in [-0.2, -0.15) is 10.5 Å². The van der Waals surface area contributed by atoms with Gasteiger partial charge in [0.1, 0.15) is 6.82 Å². The van der Waals surface area contributed by atoms with E-state index in [1.165, 1.54) is 6.42 Å². The minimum Gasteiger partial charge on any atom is -0.198 e. The molecular weight excluding hydrogens is 344 g/mol. The van der Waals surface area contributed by atoms with Gasteiger partial charge in [0.15, 0.2) is 0 Å². The monoisotopic (exact) mass is 360 g/mol. The van der Waals surface area contributed by atoms with Gasteiger partial charge in [-0.1, -0.05) is 0 Å². The summed E-state index contributed by atoms with van der Waals surface area (Å²) in [5.74, 6) is 0. The molecule has 0 unspecified atom stereocenters. The lowest BCUT2D eigenvalue weighted by Gasteiger charge is -2.66. The van der Waals surface area contributed by atoms with Gasteiger partial charge in [-0.3, -0.25) is 0 Å². The Labute approximate surface area is 142 Å². The second kappa shape index (κ2) is 5.13. The molecule has 0 aromatic heterocycles. The molecule has 4 saturated heterocycles. The van der Waals surface area contributed by atoms with Gasteiger partial charge < -0.3 is 0 Å². The van der Waals surface area contributed by atoms with Crippen LogP contribution in [0.15, 0.2) is 0 Å². The molecule has 0 atom stereocenters. The van der Waals surface area contributed by atoms with E-state index in [0.717, 1.165) is 12.8 Å². The fraction of sp³-hybridized carbons (Fsp3) is 0.846. The van der Waals surface area contributed by atoms with E-state index >= 15 is 0 Å². The van der Waals surface area contributed by atoms with Crippen LogP contribution in [0.25, 0.3) is 0 Å². The van der Waals surface area contributed by atoms with Gasteiger partial charge in [-0.25, -0.2) is 0 Å². The van der Waals surface area contributed by atoms with Crippen LogP contribution in [0, 0.1) is 22.7 Å². The zero-order valence-electron chi connectivity index (χ0n) is 11.5. The Kier molecular flexibility index (Phi) is 4.01. The molecule has 0 amide bonds. The average Bonchev–Trinajstić information content (AvgIpc) is 2.29. The Morgan fingerprint density at radius 3 is 1.55 bits per heavy atom. The van der Waals surface area contributed by atoms with Crippen LogP contribution < -0.4 is 0 Å². The van der Waals surface area contributed by atoms with E-state index in [4.69, 9.17) is 10.5 Å². The van der Waals surface area contributed by atoms with Crippen molar-refractivity contribution >= 4 is 58.8 Å². The molecule has 4 bridgehead atoms. The zero-order chi connectivity index (χ0) is 14.5. The van der Waals surface area contributed by atoms with E-state index in [1.807, 2.05) is 11.8 Å². The SMILES string of the molecule is CC12CC3(C)SC(CCC#N)(S1)SC(CCC#N)(S2)S3. The smallest absolute Gasteiger partial charge is 0.112 e. The molecule has 2 nitrogen and oxygen atoms in total. The molecule has 0 aromatic rings. The van der Waals surface area contributed by atoms with Gasteiger partial charge in [0, 0.05) is 12.8 Å². The van der Waals surface area contributed by atoms with Crippen molar-refractivity contribution in [3.8, 4) is 12.1 Å². The van der Waals surface area contributed by atoms with Crippen LogP contribution in [-0.4, -0.2) is 15.0 Å². The van der Waals surface area contributed by atoms with Crippen LogP contribution in [0.2, 0.25) is 0 Å². The van der Waals surface area contributed by atoms with Crippen molar-refractivity contribution in [2.24, 2.45) is 0 Å². The molecule has 0 aromatic carbocycles. The summed E-state index contributed by atoms with van der Waals surface area (Å²) >= 11 is 10.3. The third-order valence-corrected chi connectivity index (χ3v) is 12.9. The van der Waals surface area contributed by atoms with Gasteiger partial charge in [-0.15, -0.1) is 58.8 Å². The van der Waals surface area contributed by atoms with Crippen LogP contribution in [0.1, 0.15) is 46.0 Å². The first-order valence-electron chi connectivity index (χ1n) is 6.61. The molecule has 0 saturated carbocycles. The Bertz CT molecular complexity index is 450. The summed E-state index contributed by atoms with van der Waals surface area (Å²) in [4.78, 5) is 0. The number of nitriles is 2. The minimum atomic E-state index is 0.115. The van der Waals surface area contributed by atoms with Crippen LogP contribution in [0.5, 0.6) is 0 Å². The number of nitrogens with zero attached hydrogens (tertiary/aromatic N) is 2. The van der Waals surface area contributed by atoms with Crippen LogP contribution in [0.3, 0.4) is 0 Å². The van der Waals surface area contributed by atoms with Crippen LogP contribution >= 0.6 is 58.8 Å². The van der Waals surface area contributed by atoms with E-state index in [9.17, 15) is 0 Å². The fourth-order valence-corrected chi connectivity index (χ4v) is 20.4. The minimum absolute atomic E-state index is 0.115. The van der Waals surface area contributed by atoms with E-state index < -0.39 is 0 Å². The highest BCUT2D eigenvalue weighted by atomic mass is 32.3. The summed E-state index contributed by atoms with van der Waals surface area (Å²) in [5.41, 5.74) is 0. The van der Waals surface area contributed by atoms with Gasteiger partial charge >= 0.3 is 0 Å². The first kappa shape index (κ1) is 15.6. The van der Waals surface area contributed by atoms with Gasteiger partial charge in [0.2, 0.25) is 0 Å². The van der Waals surface area contributed by atoms with Crippen molar-refractivity contribution in [2.75, 3.05) is 0 Å². The fourth-order valence-electron chi connectivity index (χ4n) is 3.17. The highest BCUT2D eigenvalue weighted by Crippen LogP contribution is 2.86. The average molecular weight is 361 g/mol. The van der Waals surface area contributed by atoms with Gasteiger partial charge in [0.05, 0.1) is 20.3 Å². The van der Waals surface area contributed by atoms with Gasteiger partial charge in [-0.05, 0) is 33.1 Å². The molecule has 4 aliphatic rings. The Morgan fingerprint density at radius 2 is 1.20 bits per heavy atom. The first-order valence-corrected chi connectivity index (χ1v) is 10.7. The molecule has 0 spiro atoms. The molecule has 4 aliphatic heterocycles. The van der Waals surface area contributed by atoms with Crippen molar-refractivity contribution in [2.45, 2.75) is 60.9 Å². The summed E-state index contributed by atoms with van der Waals surface area (Å²) in [7, 11) is 0. The van der Waals surface area contributed by atoms with Crippen molar-refractivity contribution < 1.29 is 0 Å². The second-order valence-corrected chi connectivity index (χ2v) is 16.5. The largest absolute Gasteiger partial charge is 0.198 e. The van der Waals surface area contributed by atoms with E-state index in [0.29, 0.717) is 12.8 Å². The van der Waals surface area contributed by atoms with Crippen LogP contribution in [0.4, 0.5) is 0 Å². The summed E-state index contributed by atoms with van der Waals surface area (Å²) < 4.78 is 0.704. The molecule has 0 N–H and O–H groups in total. The zero-order valence-corrected chi connectivity index (χ0v) is 15.6. The second-order valence-electron chi connectivity index (χ2n) is 5.64. The van der Waals surface area contributed by atoms with E-state index in [1.54, 1.807) is 0 Å². The predicted octanol–water partition coefficient (Wildman–Crippen LogP) is 5.43.